The first kappa shape index (κ1) is 16.4. The second-order valence-corrected chi connectivity index (χ2v) is 6.87. The Hall–Kier alpha value is -0.610. The van der Waals surface area contributed by atoms with Crippen LogP contribution in [0.3, 0.4) is 0 Å². The molecular formula is C15H31N3O. The van der Waals surface area contributed by atoms with Gasteiger partial charge in [-0.1, -0.05) is 0 Å². The first-order valence-electron chi connectivity index (χ1n) is 7.59. The molecule has 0 radical (unpaired) electrons. The SMILES string of the molecule is CC(N)CCCC(=O)NC1CCN(C(C)(C)C)CC1. The van der Waals surface area contributed by atoms with Crippen LogP contribution in [-0.4, -0.2) is 41.5 Å². The van der Waals surface area contributed by atoms with Crippen molar-refractivity contribution in [2.24, 2.45) is 5.73 Å². The van der Waals surface area contributed by atoms with Crippen LogP contribution >= 0.6 is 0 Å². The molecule has 1 unspecified atom stereocenters. The molecule has 1 fully saturated rings. The number of hydrogen-bond acceptors (Lipinski definition) is 3. The normalized spacial score (nSPS) is 20.3. The highest BCUT2D eigenvalue weighted by molar-refractivity contribution is 5.76. The van der Waals surface area contributed by atoms with Crippen LogP contribution in [0.5, 0.6) is 0 Å². The van der Waals surface area contributed by atoms with E-state index in [2.05, 4.69) is 31.0 Å². The number of likely N-dealkylation sites (tertiary alicyclic amines) is 1. The molecule has 0 saturated carbocycles. The van der Waals surface area contributed by atoms with E-state index in [4.69, 9.17) is 5.73 Å². The van der Waals surface area contributed by atoms with Crippen LogP contribution in [0.25, 0.3) is 0 Å². The minimum absolute atomic E-state index is 0.190. The molecule has 1 heterocycles. The van der Waals surface area contributed by atoms with Gasteiger partial charge >= 0.3 is 0 Å². The van der Waals surface area contributed by atoms with Gasteiger partial charge in [-0.25, -0.2) is 0 Å². The van der Waals surface area contributed by atoms with Crippen molar-refractivity contribution < 1.29 is 4.79 Å². The molecule has 0 bridgehead atoms. The molecule has 1 atom stereocenters. The first-order chi connectivity index (χ1) is 8.79. The first-order valence-corrected chi connectivity index (χ1v) is 7.59. The Morgan fingerprint density at radius 3 is 2.42 bits per heavy atom. The summed E-state index contributed by atoms with van der Waals surface area (Å²) in [6.07, 6.45) is 4.56. The van der Waals surface area contributed by atoms with Crippen molar-refractivity contribution in [3.63, 3.8) is 0 Å². The van der Waals surface area contributed by atoms with E-state index in [9.17, 15) is 4.79 Å². The maximum absolute atomic E-state index is 11.8. The van der Waals surface area contributed by atoms with E-state index in [-0.39, 0.29) is 17.5 Å². The molecule has 19 heavy (non-hydrogen) atoms. The third-order valence-corrected chi connectivity index (χ3v) is 3.87. The van der Waals surface area contributed by atoms with Crippen LogP contribution in [0.1, 0.15) is 59.8 Å². The largest absolute Gasteiger partial charge is 0.353 e. The van der Waals surface area contributed by atoms with Crippen LogP contribution in [0, 0.1) is 0 Å². The quantitative estimate of drug-likeness (QED) is 0.801. The van der Waals surface area contributed by atoms with E-state index in [1.165, 1.54) is 0 Å². The Balaban J connectivity index is 2.20. The van der Waals surface area contributed by atoms with Gasteiger partial charge in [0.05, 0.1) is 0 Å². The smallest absolute Gasteiger partial charge is 0.220 e. The second kappa shape index (κ2) is 7.25. The molecule has 1 amide bonds. The lowest BCUT2D eigenvalue weighted by molar-refractivity contribution is -0.122. The van der Waals surface area contributed by atoms with Gasteiger partial charge in [0.25, 0.3) is 0 Å². The molecule has 1 aliphatic heterocycles. The minimum atomic E-state index is 0.190. The zero-order valence-corrected chi connectivity index (χ0v) is 13.0. The van der Waals surface area contributed by atoms with Crippen molar-refractivity contribution in [1.82, 2.24) is 10.2 Å². The summed E-state index contributed by atoms with van der Waals surface area (Å²) < 4.78 is 0. The highest BCUT2D eigenvalue weighted by atomic mass is 16.1. The average molecular weight is 269 g/mol. The Morgan fingerprint density at radius 2 is 1.95 bits per heavy atom. The Labute approximate surface area is 118 Å². The van der Waals surface area contributed by atoms with Crippen molar-refractivity contribution in [1.29, 1.82) is 0 Å². The molecule has 1 saturated heterocycles. The van der Waals surface area contributed by atoms with Gasteiger partial charge in [0.15, 0.2) is 0 Å². The molecule has 0 aromatic rings. The number of nitrogens with one attached hydrogen (secondary N) is 1. The highest BCUT2D eigenvalue weighted by Crippen LogP contribution is 2.20. The molecule has 4 heteroatoms. The van der Waals surface area contributed by atoms with E-state index >= 15 is 0 Å². The van der Waals surface area contributed by atoms with Crippen molar-refractivity contribution >= 4 is 5.91 Å². The number of carbonyl (C=O) groups is 1. The van der Waals surface area contributed by atoms with Gasteiger partial charge in [0, 0.05) is 37.1 Å². The van der Waals surface area contributed by atoms with Gasteiger partial charge in [0.2, 0.25) is 5.91 Å². The standard InChI is InChI=1S/C15H31N3O/c1-12(16)6-5-7-14(19)17-13-8-10-18(11-9-13)15(2,3)4/h12-13H,5-11,16H2,1-4H3,(H,17,19). The summed E-state index contributed by atoms with van der Waals surface area (Å²) in [5.41, 5.74) is 5.92. The van der Waals surface area contributed by atoms with Crippen molar-refractivity contribution in [3.05, 3.63) is 0 Å². The molecular weight excluding hydrogens is 238 g/mol. The van der Waals surface area contributed by atoms with Gasteiger partial charge in [-0.3, -0.25) is 9.69 Å². The minimum Gasteiger partial charge on any atom is -0.353 e. The zero-order valence-electron chi connectivity index (χ0n) is 13.0. The maximum atomic E-state index is 11.8. The van der Waals surface area contributed by atoms with Gasteiger partial charge in [-0.15, -0.1) is 0 Å². The summed E-state index contributed by atoms with van der Waals surface area (Å²) in [5.74, 6) is 0.190. The lowest BCUT2D eigenvalue weighted by Crippen LogP contribution is -2.50. The van der Waals surface area contributed by atoms with E-state index < -0.39 is 0 Å². The summed E-state index contributed by atoms with van der Waals surface area (Å²) in [6.45, 7) is 10.9. The van der Waals surface area contributed by atoms with Crippen LogP contribution in [0.15, 0.2) is 0 Å². The number of hydrogen-bond donors (Lipinski definition) is 2. The lowest BCUT2D eigenvalue weighted by Gasteiger charge is -2.41. The van der Waals surface area contributed by atoms with Gasteiger partial charge in [-0.05, 0) is 53.4 Å². The molecule has 112 valence electrons. The summed E-state index contributed by atoms with van der Waals surface area (Å²) in [6, 6.07) is 0.559. The predicted octanol–water partition coefficient (Wildman–Crippen LogP) is 1.88. The number of rotatable bonds is 5. The number of carbonyl (C=O) groups excluding carboxylic acids is 1. The average Bonchev–Trinajstić information content (AvgIpc) is 2.27. The fourth-order valence-corrected chi connectivity index (χ4v) is 2.58. The molecule has 3 N–H and O–H groups in total. The van der Waals surface area contributed by atoms with E-state index in [1.54, 1.807) is 0 Å². The van der Waals surface area contributed by atoms with E-state index in [0.717, 1.165) is 38.8 Å². The molecule has 1 rings (SSSR count). The van der Waals surface area contributed by atoms with Crippen LogP contribution in [0.4, 0.5) is 0 Å². The van der Waals surface area contributed by atoms with Crippen molar-refractivity contribution in [2.75, 3.05) is 13.1 Å². The fourth-order valence-electron chi connectivity index (χ4n) is 2.58. The maximum Gasteiger partial charge on any atom is 0.220 e. The van der Waals surface area contributed by atoms with Crippen molar-refractivity contribution in [3.8, 4) is 0 Å². The third kappa shape index (κ3) is 6.39. The molecule has 0 aliphatic carbocycles. The van der Waals surface area contributed by atoms with Crippen LogP contribution in [-0.2, 0) is 4.79 Å². The molecule has 0 aromatic carbocycles. The lowest BCUT2D eigenvalue weighted by atomic mass is 9.98. The van der Waals surface area contributed by atoms with E-state index in [1.807, 2.05) is 6.92 Å². The molecule has 0 spiro atoms. The number of nitrogens with zero attached hydrogens (tertiary/aromatic N) is 1. The van der Waals surface area contributed by atoms with Gasteiger partial charge in [0.1, 0.15) is 0 Å². The molecule has 4 nitrogen and oxygen atoms in total. The Kier molecular flexibility index (Phi) is 6.27. The Morgan fingerprint density at radius 1 is 1.37 bits per heavy atom. The second-order valence-electron chi connectivity index (χ2n) is 6.87. The zero-order chi connectivity index (χ0) is 14.5. The summed E-state index contributed by atoms with van der Waals surface area (Å²) >= 11 is 0. The molecule has 0 aromatic heterocycles. The summed E-state index contributed by atoms with van der Waals surface area (Å²) in [5, 5.41) is 3.16. The number of nitrogens with two attached hydrogens (primary N) is 1. The number of amides is 1. The predicted molar refractivity (Wildman–Crippen MR) is 80.0 cm³/mol. The summed E-state index contributed by atoms with van der Waals surface area (Å²) in [4.78, 5) is 14.3. The van der Waals surface area contributed by atoms with Gasteiger partial charge in [-0.2, -0.15) is 0 Å². The highest BCUT2D eigenvalue weighted by Gasteiger charge is 2.27. The van der Waals surface area contributed by atoms with Crippen LogP contribution in [0.2, 0.25) is 0 Å². The monoisotopic (exact) mass is 269 g/mol. The molecule has 1 aliphatic rings. The number of piperidine rings is 1. The van der Waals surface area contributed by atoms with Crippen molar-refractivity contribution in [2.45, 2.75) is 77.4 Å². The summed E-state index contributed by atoms with van der Waals surface area (Å²) in [7, 11) is 0. The van der Waals surface area contributed by atoms with Gasteiger partial charge < -0.3 is 11.1 Å². The van der Waals surface area contributed by atoms with E-state index in [0.29, 0.717) is 12.5 Å². The Bertz CT molecular complexity index is 276. The third-order valence-electron chi connectivity index (χ3n) is 3.87. The topological polar surface area (TPSA) is 58.4 Å². The fraction of sp³-hybridized carbons (Fsp3) is 0.933. The van der Waals surface area contributed by atoms with Crippen LogP contribution < -0.4 is 11.1 Å².